The van der Waals surface area contributed by atoms with Crippen molar-refractivity contribution in [2.75, 3.05) is 0 Å². The maximum absolute atomic E-state index is 13.1. The van der Waals surface area contributed by atoms with Gasteiger partial charge in [0.05, 0.1) is 77.9 Å². The predicted octanol–water partition coefficient (Wildman–Crippen LogP) is 22.8. The molecule has 1 aliphatic heterocycles. The number of thiol groups is 5. The Balaban J connectivity index is 0.000000174. The number of nitrogens with one attached hydrogen (secondary N) is 7. The third-order valence-electron chi connectivity index (χ3n) is 17.8. The fourth-order valence-corrected chi connectivity index (χ4v) is 13.2. The largest absolute Gasteiger partial charge is 0.478 e. The summed E-state index contributed by atoms with van der Waals surface area (Å²) in [5.74, 6) is -29.4. The number of allylic oxidation sites excluding steroid dienone is 5. The lowest BCUT2D eigenvalue weighted by Crippen LogP contribution is -2.10. The van der Waals surface area contributed by atoms with Crippen LogP contribution in [0, 0.1) is 107 Å². The summed E-state index contributed by atoms with van der Waals surface area (Å²) in [4.78, 5) is 110. The van der Waals surface area contributed by atoms with Crippen molar-refractivity contribution >= 4 is 159 Å². The quantitative estimate of drug-likeness (QED) is 0.0243. The van der Waals surface area contributed by atoms with E-state index in [2.05, 4.69) is 120 Å². The number of nitrogens with zero attached hydrogens (tertiary/aromatic N) is 2. The molecule has 51 heteroatoms. The molecule has 8 aromatic carbocycles. The Bertz CT molecular complexity index is 6820. The van der Waals surface area contributed by atoms with E-state index >= 15 is 0 Å². The van der Waals surface area contributed by atoms with E-state index in [1.54, 1.807) is 12.2 Å². The van der Waals surface area contributed by atoms with Gasteiger partial charge >= 0.3 is 47.8 Å². The second kappa shape index (κ2) is 45.7. The number of aliphatic imine (C=N–C) groups is 1. The molecule has 27 nitrogen and oxygen atoms in total. The maximum atomic E-state index is 13.1. The molecule has 16 rings (SSSR count). The Labute approximate surface area is 790 Å². The average molecular weight is 2050 g/mol. The average Bonchev–Trinajstić information content (AvgIpc) is 1.63. The molecule has 0 saturated carbocycles. The van der Waals surface area contributed by atoms with E-state index in [9.17, 15) is 109 Å². The number of H-pyrrole nitrogens is 7. The molecular weight excluding hydrogens is 2000 g/mol. The van der Waals surface area contributed by atoms with Gasteiger partial charge in [-0.25, -0.2) is 114 Å². The number of hydrogen-bond acceptors (Lipinski definition) is 20. The monoisotopic (exact) mass is 2050 g/mol. The molecule has 0 amide bonds. The second-order valence-corrected chi connectivity index (χ2v) is 30.6. The molecule has 15 N–H and O–H groups in total. The molecule has 0 radical (unpaired) electrons. The summed E-state index contributed by atoms with van der Waals surface area (Å²) in [6.07, 6.45) is 12.2. The van der Waals surface area contributed by atoms with Crippen molar-refractivity contribution in [2.24, 2.45) is 4.99 Å². The van der Waals surface area contributed by atoms with Crippen molar-refractivity contribution in [3.8, 4) is 67.6 Å². The Kier molecular flexibility index (Phi) is 35.2. The second-order valence-electron chi connectivity index (χ2n) is 26.8. The molecule has 6 aromatic heterocycles. The number of carbonyl (C=O) groups is 8. The number of benzene rings is 8. The summed E-state index contributed by atoms with van der Waals surface area (Å²) < 4.78 is 219. The fraction of sp³-hybridized carbons (Fsp3) is 0.0235. The topological polar surface area (TPSA) is 460 Å². The van der Waals surface area contributed by atoms with Gasteiger partial charge in [0.1, 0.15) is 22.2 Å². The molecule has 0 spiro atoms. The lowest BCUT2D eigenvalue weighted by molar-refractivity contribution is 0.0685. The van der Waals surface area contributed by atoms with E-state index < -0.39 is 146 Å². The third-order valence-corrected chi connectivity index (χ3v) is 19.7. The number of hydrogen-bond donors (Lipinski definition) is 20. The highest BCUT2D eigenvalue weighted by Gasteiger charge is 2.28. The highest BCUT2D eigenvalue weighted by atomic mass is 32.1. The van der Waals surface area contributed by atoms with E-state index in [-0.39, 0.29) is 121 Å². The van der Waals surface area contributed by atoms with E-state index in [4.69, 9.17) is 74.1 Å². The molecule has 1 aliphatic carbocycles. The SMILES string of the molecule is O=C(O)c1cc(F)c(F)cc1-c1c[nH]c(=S)[nH]1.O=C(O)c1cc(F)c(F)cc1-c1c[nH]c(S)c1.O=C(O)c1cc(F)c(F)cc1-c1cc(=S)[nH][nH]1.O=C(O)c1cc(F)c(F)cc1-c1cc(S)c[nH]1.O=C(O)c1cc(F)c(F)cc1-c1coc(=S)[nH]1.O=C(O)c1cc(F)c(F)cc1-c1nc(S)co1.O=C(O)c1cc(F)c(F)cc1C1=CC=C(S)C1.O=C(O)c1cc(F)c(F)cc1C1=NC=C(S)C1. The van der Waals surface area contributed by atoms with Crippen molar-refractivity contribution in [1.82, 2.24) is 40.1 Å². The summed E-state index contributed by atoms with van der Waals surface area (Å²) in [7, 11) is 0. The zero-order valence-corrected chi connectivity index (χ0v) is 73.5. The summed E-state index contributed by atoms with van der Waals surface area (Å²) >= 11 is 34.4. The zero-order chi connectivity index (χ0) is 101. The number of aromatic nitrogens is 8. The van der Waals surface area contributed by atoms with Crippen LogP contribution in [0.5, 0.6) is 0 Å². The summed E-state index contributed by atoms with van der Waals surface area (Å²) in [5, 5.41) is 77.2. The smallest absolute Gasteiger partial charge is 0.336 e. The highest BCUT2D eigenvalue weighted by Crippen LogP contribution is 2.37. The first-order valence-electron chi connectivity index (χ1n) is 36.4. The number of rotatable bonds is 16. The first-order chi connectivity index (χ1) is 63.9. The van der Waals surface area contributed by atoms with Gasteiger partial charge in [0.2, 0.25) is 5.89 Å². The van der Waals surface area contributed by atoms with Crippen molar-refractivity contribution in [2.45, 2.75) is 27.8 Å². The van der Waals surface area contributed by atoms with Gasteiger partial charge in [-0.3, -0.25) is 15.2 Å². The number of oxazole rings is 2. The Morgan fingerprint density at radius 1 is 0.331 bits per heavy atom. The Morgan fingerprint density at radius 3 is 1.03 bits per heavy atom. The molecule has 2 aliphatic rings. The van der Waals surface area contributed by atoms with Gasteiger partial charge in [-0.1, -0.05) is 24.4 Å². The van der Waals surface area contributed by atoms with Gasteiger partial charge in [0.25, 0.3) is 4.84 Å². The number of aromatic carboxylic acids is 8. The van der Waals surface area contributed by atoms with Crippen LogP contribution >= 0.6 is 99.8 Å². The number of halogens is 16. The molecule has 136 heavy (non-hydrogen) atoms. The van der Waals surface area contributed by atoms with Crippen molar-refractivity contribution < 1.29 is 158 Å². The lowest BCUT2D eigenvalue weighted by Gasteiger charge is -2.08. The van der Waals surface area contributed by atoms with Crippen LogP contribution in [0.1, 0.15) is 107 Å². The Hall–Kier alpha value is -14.9. The normalized spacial score (nSPS) is 11.5. The summed E-state index contributed by atoms with van der Waals surface area (Å²) in [6.45, 7) is 0. The zero-order valence-electron chi connectivity index (χ0n) is 66.6. The first kappa shape index (κ1) is 105. The van der Waals surface area contributed by atoms with Crippen LogP contribution in [0.3, 0.4) is 0 Å². The van der Waals surface area contributed by atoms with Crippen LogP contribution in [-0.4, -0.2) is 134 Å². The van der Waals surface area contributed by atoms with Gasteiger partial charge < -0.3 is 74.6 Å². The third kappa shape index (κ3) is 26.8. The van der Waals surface area contributed by atoms with Gasteiger partial charge in [-0.05, 0) is 156 Å². The van der Waals surface area contributed by atoms with E-state index in [0.717, 1.165) is 66.0 Å². The standard InChI is InChI=1S/C12H8F2O2S.3C11H7F2NO2S.2C10H6F2N2O2S.2C10H5F2NO3S/c13-10-4-8(6-1-2-7(17)3-6)9(12(15)16)5-11(10)14;2*12-8-2-6(10-1-5(17)4-14-10)7(11(15)16)3-9(8)13;12-8-2-6(5-1-10(17)14-4-5)7(11(15)16)3-9(8)13;11-6-1-4(8-3-13-10(17)14-8)5(9(15)16)2-7(6)12;11-6-1-4(8-3-9(17)14-13-8)5(10(15)16)2-7(6)12;11-6-1-4(9-13-8(17)3-16-9)5(10(14)15)2-7(6)12;11-6-1-4(8-3-16-10(17)13-8)5(9(14)15)2-7(6)12/h1-2,4-5,17H,3H2,(H,15,16);2-4,17H,1H2,(H,15,16);2*1-4,14,17H,(H,15,16);2*1-3H,(H,15,16)(H2,13,14,17);1-3,17H,(H,14,15);1-3H,(H,13,17)(H,14,15). The van der Waals surface area contributed by atoms with Crippen LogP contribution in [0.2, 0.25) is 0 Å². The highest BCUT2D eigenvalue weighted by molar-refractivity contribution is 7.84. The van der Waals surface area contributed by atoms with Crippen LogP contribution in [0.15, 0.2) is 203 Å². The summed E-state index contributed by atoms with van der Waals surface area (Å²) in [5.41, 5.74) is 0.233. The van der Waals surface area contributed by atoms with Gasteiger partial charge in [0.15, 0.2) is 97.8 Å². The number of carboxylic acids is 8. The van der Waals surface area contributed by atoms with Crippen molar-refractivity contribution in [3.63, 3.8) is 0 Å². The molecule has 0 fully saturated rings. The van der Waals surface area contributed by atoms with E-state index in [1.807, 2.05) is 0 Å². The number of imidazole rings is 1. The van der Waals surface area contributed by atoms with Gasteiger partial charge in [-0.15, -0.1) is 63.1 Å². The predicted molar refractivity (Wildman–Crippen MR) is 474 cm³/mol. The minimum absolute atomic E-state index is 0.0149. The molecule has 0 saturated heterocycles. The summed E-state index contributed by atoms with van der Waals surface area (Å²) in [6, 6.07) is 16.2. The molecule has 0 unspecified atom stereocenters. The first-order valence-corrected chi connectivity index (χ1v) is 39.8. The number of aromatic amines is 7. The minimum Gasteiger partial charge on any atom is -0.478 e. The molecule has 0 atom stereocenters. The van der Waals surface area contributed by atoms with Crippen LogP contribution in [0.4, 0.5) is 70.2 Å². The van der Waals surface area contributed by atoms with E-state index in [0.29, 0.717) is 103 Å². The molecule has 0 bridgehead atoms. The van der Waals surface area contributed by atoms with Crippen LogP contribution in [-0.2, 0) is 0 Å². The number of carboxylic acid groups (broad SMARTS) is 8. The van der Waals surface area contributed by atoms with Crippen molar-refractivity contribution in [1.29, 1.82) is 0 Å². The maximum Gasteiger partial charge on any atom is 0.336 e. The minimum atomic E-state index is -1.40. The van der Waals surface area contributed by atoms with Gasteiger partial charge in [-0.2, -0.15) is 0 Å². The van der Waals surface area contributed by atoms with Crippen molar-refractivity contribution in [3.05, 3.63) is 337 Å². The van der Waals surface area contributed by atoms with Crippen LogP contribution in [0.25, 0.3) is 73.2 Å². The molecule has 704 valence electrons. The molecular formula is C85H51F16N9O18S8. The Morgan fingerprint density at radius 2 is 0.699 bits per heavy atom. The van der Waals surface area contributed by atoms with Gasteiger partial charge in [0, 0.05) is 92.1 Å². The molecule has 14 aromatic rings. The van der Waals surface area contributed by atoms with Crippen LogP contribution < -0.4 is 0 Å². The fourth-order valence-electron chi connectivity index (χ4n) is 11.7. The van der Waals surface area contributed by atoms with E-state index in [1.165, 1.54) is 43.0 Å². The molecule has 7 heterocycles. The lowest BCUT2D eigenvalue weighted by atomic mass is 9.98.